The van der Waals surface area contributed by atoms with E-state index < -0.39 is 0 Å². The largest absolute Gasteiger partial charge is 0.312 e. The van der Waals surface area contributed by atoms with Crippen molar-refractivity contribution in [2.24, 2.45) is 5.41 Å². The smallest absolute Gasteiger partial charge is 0.0243 e. The van der Waals surface area contributed by atoms with E-state index in [1.807, 2.05) is 0 Å². The van der Waals surface area contributed by atoms with Gasteiger partial charge in [0.25, 0.3) is 0 Å². The van der Waals surface area contributed by atoms with Gasteiger partial charge in [-0.1, -0.05) is 34.6 Å². The van der Waals surface area contributed by atoms with E-state index in [9.17, 15) is 0 Å². The summed E-state index contributed by atoms with van der Waals surface area (Å²) in [6, 6.07) is 0.598. The third-order valence-corrected chi connectivity index (χ3v) is 3.85. The molecule has 1 atom stereocenters. The molecule has 0 saturated carbocycles. The fourth-order valence-electron chi connectivity index (χ4n) is 2.44. The first kappa shape index (κ1) is 14.9. The Morgan fingerprint density at radius 2 is 1.53 bits per heavy atom. The van der Waals surface area contributed by atoms with Crippen LogP contribution in [0.15, 0.2) is 0 Å². The standard InChI is InChI=1S/C14H31N3/c1-6-15-13(14(3,4)5)12-17-10-8-16(7-2)9-11-17/h13,15H,6-12H2,1-5H3. The predicted molar refractivity (Wildman–Crippen MR) is 75.5 cm³/mol. The number of hydrogen-bond acceptors (Lipinski definition) is 3. The van der Waals surface area contributed by atoms with Gasteiger partial charge in [-0.05, 0) is 18.5 Å². The fraction of sp³-hybridized carbons (Fsp3) is 1.00. The van der Waals surface area contributed by atoms with E-state index in [-0.39, 0.29) is 0 Å². The molecule has 0 spiro atoms. The van der Waals surface area contributed by atoms with Crippen molar-refractivity contribution in [3.8, 4) is 0 Å². The van der Waals surface area contributed by atoms with Crippen LogP contribution < -0.4 is 5.32 Å². The summed E-state index contributed by atoms with van der Waals surface area (Å²) < 4.78 is 0. The number of hydrogen-bond donors (Lipinski definition) is 1. The van der Waals surface area contributed by atoms with Gasteiger partial charge in [0.15, 0.2) is 0 Å². The van der Waals surface area contributed by atoms with Crippen LogP contribution in [0, 0.1) is 5.41 Å². The molecule has 1 saturated heterocycles. The summed E-state index contributed by atoms with van der Waals surface area (Å²) in [7, 11) is 0. The molecule has 0 aromatic carbocycles. The molecule has 3 heteroatoms. The van der Waals surface area contributed by atoms with Gasteiger partial charge >= 0.3 is 0 Å². The average molecular weight is 241 g/mol. The predicted octanol–water partition coefficient (Wildman–Crippen LogP) is 1.65. The molecule has 1 N–H and O–H groups in total. The second kappa shape index (κ2) is 6.72. The normalized spacial score (nSPS) is 21.7. The molecule has 1 heterocycles. The Kier molecular flexibility index (Phi) is 5.90. The van der Waals surface area contributed by atoms with Crippen molar-refractivity contribution < 1.29 is 0 Å². The number of piperazine rings is 1. The van der Waals surface area contributed by atoms with Crippen molar-refractivity contribution >= 4 is 0 Å². The molecule has 1 fully saturated rings. The van der Waals surface area contributed by atoms with Crippen LogP contribution in [0.1, 0.15) is 34.6 Å². The minimum Gasteiger partial charge on any atom is -0.312 e. The Bertz CT molecular complexity index is 202. The summed E-state index contributed by atoms with van der Waals surface area (Å²) in [6.07, 6.45) is 0. The second-order valence-corrected chi connectivity index (χ2v) is 6.21. The Morgan fingerprint density at radius 3 is 1.94 bits per heavy atom. The molecule has 1 unspecified atom stereocenters. The van der Waals surface area contributed by atoms with Crippen LogP contribution in [-0.4, -0.2) is 61.7 Å². The highest BCUT2D eigenvalue weighted by molar-refractivity contribution is 4.84. The molecule has 3 nitrogen and oxygen atoms in total. The highest BCUT2D eigenvalue weighted by Crippen LogP contribution is 2.20. The number of likely N-dealkylation sites (N-methyl/N-ethyl adjacent to an activating group) is 2. The lowest BCUT2D eigenvalue weighted by molar-refractivity contribution is 0.106. The van der Waals surface area contributed by atoms with E-state index in [0.29, 0.717) is 11.5 Å². The first-order valence-corrected chi connectivity index (χ1v) is 7.15. The molecule has 0 aromatic heterocycles. The van der Waals surface area contributed by atoms with Gasteiger partial charge in [-0.25, -0.2) is 0 Å². The van der Waals surface area contributed by atoms with Gasteiger partial charge < -0.3 is 10.2 Å². The van der Waals surface area contributed by atoms with E-state index in [1.54, 1.807) is 0 Å². The molecule has 0 radical (unpaired) electrons. The lowest BCUT2D eigenvalue weighted by Gasteiger charge is -2.39. The van der Waals surface area contributed by atoms with Crippen molar-refractivity contribution in [2.45, 2.75) is 40.7 Å². The zero-order valence-corrected chi connectivity index (χ0v) is 12.4. The maximum absolute atomic E-state index is 3.64. The average Bonchev–Trinajstić information content (AvgIpc) is 2.28. The van der Waals surface area contributed by atoms with Crippen molar-refractivity contribution in [2.75, 3.05) is 45.8 Å². The van der Waals surface area contributed by atoms with Crippen molar-refractivity contribution in [1.29, 1.82) is 0 Å². The summed E-state index contributed by atoms with van der Waals surface area (Å²) in [4.78, 5) is 5.15. The minimum atomic E-state index is 0.345. The second-order valence-electron chi connectivity index (χ2n) is 6.21. The fourth-order valence-corrected chi connectivity index (χ4v) is 2.44. The van der Waals surface area contributed by atoms with Crippen molar-refractivity contribution in [1.82, 2.24) is 15.1 Å². The Balaban J connectivity index is 2.41. The summed E-state index contributed by atoms with van der Waals surface area (Å²) in [5.41, 5.74) is 0.345. The summed E-state index contributed by atoms with van der Waals surface area (Å²) in [6.45, 7) is 19.8. The zero-order chi connectivity index (χ0) is 12.9. The van der Waals surface area contributed by atoms with Crippen LogP contribution in [0.3, 0.4) is 0 Å². The molecule has 1 aliphatic rings. The van der Waals surface area contributed by atoms with E-state index in [2.05, 4.69) is 49.7 Å². The quantitative estimate of drug-likeness (QED) is 0.789. The topological polar surface area (TPSA) is 18.5 Å². The summed E-state index contributed by atoms with van der Waals surface area (Å²) in [5, 5.41) is 3.64. The Labute approximate surface area is 108 Å². The van der Waals surface area contributed by atoms with Gasteiger partial charge in [-0.15, -0.1) is 0 Å². The number of nitrogens with one attached hydrogen (secondary N) is 1. The molecule has 1 aliphatic heterocycles. The van der Waals surface area contributed by atoms with Crippen LogP contribution in [0.2, 0.25) is 0 Å². The molecule has 0 amide bonds. The number of rotatable bonds is 5. The molecule has 17 heavy (non-hydrogen) atoms. The van der Waals surface area contributed by atoms with E-state index >= 15 is 0 Å². The maximum Gasteiger partial charge on any atom is 0.0243 e. The first-order valence-electron chi connectivity index (χ1n) is 7.15. The lowest BCUT2D eigenvalue weighted by Crippen LogP contribution is -2.53. The third kappa shape index (κ3) is 4.94. The molecule has 0 bridgehead atoms. The van der Waals surface area contributed by atoms with Crippen LogP contribution in [-0.2, 0) is 0 Å². The first-order chi connectivity index (χ1) is 7.97. The van der Waals surface area contributed by atoms with Crippen LogP contribution in [0.25, 0.3) is 0 Å². The SMILES string of the molecule is CCNC(CN1CCN(CC)CC1)C(C)(C)C. The monoisotopic (exact) mass is 241 g/mol. The maximum atomic E-state index is 3.64. The minimum absolute atomic E-state index is 0.345. The Morgan fingerprint density at radius 1 is 1.00 bits per heavy atom. The van der Waals surface area contributed by atoms with Crippen LogP contribution in [0.5, 0.6) is 0 Å². The Hall–Kier alpha value is -0.120. The summed E-state index contributed by atoms with van der Waals surface area (Å²) >= 11 is 0. The molecule has 102 valence electrons. The zero-order valence-electron chi connectivity index (χ0n) is 12.4. The lowest BCUT2D eigenvalue weighted by atomic mass is 9.86. The molecular formula is C14H31N3. The summed E-state index contributed by atoms with van der Waals surface area (Å²) in [5.74, 6) is 0. The van der Waals surface area contributed by atoms with Crippen molar-refractivity contribution in [3.63, 3.8) is 0 Å². The third-order valence-electron chi connectivity index (χ3n) is 3.85. The molecular weight excluding hydrogens is 210 g/mol. The van der Waals surface area contributed by atoms with Gasteiger partial charge in [-0.3, -0.25) is 4.90 Å². The molecule has 1 rings (SSSR count). The van der Waals surface area contributed by atoms with Crippen LogP contribution in [0.4, 0.5) is 0 Å². The van der Waals surface area contributed by atoms with E-state index in [1.165, 1.54) is 39.3 Å². The van der Waals surface area contributed by atoms with Crippen LogP contribution >= 0.6 is 0 Å². The number of nitrogens with zero attached hydrogens (tertiary/aromatic N) is 2. The molecule has 0 aliphatic carbocycles. The van der Waals surface area contributed by atoms with Gasteiger partial charge in [0.2, 0.25) is 0 Å². The van der Waals surface area contributed by atoms with E-state index in [0.717, 1.165) is 6.54 Å². The highest BCUT2D eigenvalue weighted by atomic mass is 15.3. The van der Waals surface area contributed by atoms with E-state index in [4.69, 9.17) is 0 Å². The van der Waals surface area contributed by atoms with Gasteiger partial charge in [-0.2, -0.15) is 0 Å². The molecule has 0 aromatic rings. The van der Waals surface area contributed by atoms with Gasteiger partial charge in [0, 0.05) is 38.8 Å². The highest BCUT2D eigenvalue weighted by Gasteiger charge is 2.27. The van der Waals surface area contributed by atoms with Crippen molar-refractivity contribution in [3.05, 3.63) is 0 Å². The van der Waals surface area contributed by atoms with Gasteiger partial charge in [0.1, 0.15) is 0 Å². The van der Waals surface area contributed by atoms with Gasteiger partial charge in [0.05, 0.1) is 0 Å².